The molecule has 2 aromatic rings. The number of aryl methyl sites for hydroxylation is 1. The minimum absolute atomic E-state index is 0.505. The van der Waals surface area contributed by atoms with Crippen LogP contribution in [0.15, 0.2) is 24.8 Å². The van der Waals surface area contributed by atoms with Gasteiger partial charge in [0.1, 0.15) is 18.0 Å². The van der Waals surface area contributed by atoms with E-state index in [0.29, 0.717) is 12.4 Å². The van der Waals surface area contributed by atoms with Gasteiger partial charge in [0.2, 0.25) is 0 Å². The van der Waals surface area contributed by atoms with Crippen LogP contribution in [0.3, 0.4) is 0 Å². The maximum Gasteiger partial charge on any atom is 0.134 e. The number of hydrogen-bond acceptors (Lipinski definition) is 5. The summed E-state index contributed by atoms with van der Waals surface area (Å²) in [6.07, 6.45) is 5.09. The van der Waals surface area contributed by atoms with Crippen molar-refractivity contribution in [2.45, 2.75) is 20.4 Å². The summed E-state index contributed by atoms with van der Waals surface area (Å²) in [5, 5.41) is 3.24. The van der Waals surface area contributed by atoms with E-state index in [2.05, 4.69) is 27.2 Å². The van der Waals surface area contributed by atoms with Crippen LogP contribution >= 0.6 is 0 Å². The van der Waals surface area contributed by atoms with Crippen molar-refractivity contribution in [3.63, 3.8) is 0 Å². The molecule has 0 spiro atoms. The lowest BCUT2D eigenvalue weighted by atomic mass is 10.1. The van der Waals surface area contributed by atoms with Crippen molar-refractivity contribution in [2.75, 3.05) is 11.1 Å². The summed E-state index contributed by atoms with van der Waals surface area (Å²) in [6, 6.07) is 1.98. The highest BCUT2D eigenvalue weighted by molar-refractivity contribution is 5.54. The first-order valence-electron chi connectivity index (χ1n) is 5.39. The zero-order valence-electron chi connectivity index (χ0n) is 9.94. The van der Waals surface area contributed by atoms with Crippen LogP contribution in [0.25, 0.3) is 0 Å². The molecule has 3 N–H and O–H groups in total. The summed E-state index contributed by atoms with van der Waals surface area (Å²) in [6.45, 7) is 4.63. The average molecular weight is 229 g/mol. The van der Waals surface area contributed by atoms with Crippen molar-refractivity contribution in [2.24, 2.45) is 0 Å². The van der Waals surface area contributed by atoms with Gasteiger partial charge < -0.3 is 11.1 Å². The molecule has 0 radical (unpaired) electrons. The Bertz CT molecular complexity index is 524. The van der Waals surface area contributed by atoms with E-state index in [1.165, 1.54) is 11.9 Å². The molecule has 0 bridgehead atoms. The van der Waals surface area contributed by atoms with Crippen molar-refractivity contribution in [3.05, 3.63) is 41.5 Å². The Morgan fingerprint density at radius 2 is 2.12 bits per heavy atom. The maximum atomic E-state index is 5.72. The maximum absolute atomic E-state index is 5.72. The molecular formula is C12H15N5. The predicted molar refractivity (Wildman–Crippen MR) is 67.5 cm³/mol. The molecule has 2 heterocycles. The smallest absolute Gasteiger partial charge is 0.134 e. The average Bonchev–Trinajstić information content (AvgIpc) is 2.33. The van der Waals surface area contributed by atoms with Crippen molar-refractivity contribution in [3.8, 4) is 0 Å². The molecule has 0 aliphatic heterocycles. The molecule has 5 heteroatoms. The van der Waals surface area contributed by atoms with E-state index >= 15 is 0 Å². The van der Waals surface area contributed by atoms with Crippen molar-refractivity contribution in [1.29, 1.82) is 0 Å². The molecule has 0 aliphatic carbocycles. The topological polar surface area (TPSA) is 76.7 Å². The summed E-state index contributed by atoms with van der Waals surface area (Å²) >= 11 is 0. The third-order valence-electron chi connectivity index (χ3n) is 2.72. The summed E-state index contributed by atoms with van der Waals surface area (Å²) in [5.74, 6) is 1.27. The van der Waals surface area contributed by atoms with Crippen LogP contribution in [-0.2, 0) is 6.54 Å². The molecule has 0 atom stereocenters. The molecule has 0 saturated carbocycles. The van der Waals surface area contributed by atoms with E-state index < -0.39 is 0 Å². The van der Waals surface area contributed by atoms with Crippen molar-refractivity contribution >= 4 is 11.6 Å². The van der Waals surface area contributed by atoms with Crippen LogP contribution in [-0.4, -0.2) is 15.0 Å². The lowest BCUT2D eigenvalue weighted by molar-refractivity contribution is 1.04. The van der Waals surface area contributed by atoms with Gasteiger partial charge in [-0.15, -0.1) is 0 Å². The van der Waals surface area contributed by atoms with E-state index in [0.717, 1.165) is 16.9 Å². The number of aromatic nitrogens is 3. The number of nitrogens with two attached hydrogens (primary N) is 1. The van der Waals surface area contributed by atoms with E-state index in [-0.39, 0.29) is 0 Å². The summed E-state index contributed by atoms with van der Waals surface area (Å²) in [7, 11) is 0. The van der Waals surface area contributed by atoms with E-state index in [1.807, 2.05) is 19.2 Å². The fourth-order valence-electron chi connectivity index (χ4n) is 1.50. The van der Waals surface area contributed by atoms with Gasteiger partial charge in [0, 0.05) is 24.5 Å². The van der Waals surface area contributed by atoms with Crippen LogP contribution in [0.2, 0.25) is 0 Å². The number of nitrogens with one attached hydrogen (secondary N) is 1. The van der Waals surface area contributed by atoms with Gasteiger partial charge in [-0.3, -0.25) is 4.98 Å². The minimum atomic E-state index is 0.505. The molecule has 0 unspecified atom stereocenters. The first kappa shape index (κ1) is 11.3. The number of rotatable bonds is 3. The Kier molecular flexibility index (Phi) is 3.18. The van der Waals surface area contributed by atoms with Crippen LogP contribution in [0.4, 0.5) is 11.6 Å². The standard InChI is InChI=1S/C12H15N5/c1-8-3-4-14-5-10(8)6-15-12-9(2)11(13)16-7-17-12/h3-5,7H,6H2,1-2H3,(H3,13,15,16,17). The Labute approximate surface area is 100 Å². The van der Waals surface area contributed by atoms with Gasteiger partial charge in [0.05, 0.1) is 0 Å². The Morgan fingerprint density at radius 1 is 1.29 bits per heavy atom. The molecule has 2 aromatic heterocycles. The predicted octanol–water partition coefficient (Wildman–Crippen LogP) is 1.68. The molecule has 5 nitrogen and oxygen atoms in total. The second kappa shape index (κ2) is 4.78. The Morgan fingerprint density at radius 3 is 2.88 bits per heavy atom. The number of pyridine rings is 1. The quantitative estimate of drug-likeness (QED) is 0.837. The summed E-state index contributed by atoms with van der Waals surface area (Å²) in [4.78, 5) is 12.2. The molecule has 2 rings (SSSR count). The fraction of sp³-hybridized carbons (Fsp3) is 0.250. The van der Waals surface area contributed by atoms with Crippen molar-refractivity contribution in [1.82, 2.24) is 15.0 Å². The van der Waals surface area contributed by atoms with E-state index in [1.54, 1.807) is 6.20 Å². The van der Waals surface area contributed by atoms with Crippen LogP contribution in [0, 0.1) is 13.8 Å². The van der Waals surface area contributed by atoms with E-state index in [9.17, 15) is 0 Å². The third kappa shape index (κ3) is 2.50. The first-order chi connectivity index (χ1) is 8.18. The van der Waals surface area contributed by atoms with Gasteiger partial charge in [0.25, 0.3) is 0 Å². The normalized spacial score (nSPS) is 10.2. The SMILES string of the molecule is Cc1ccncc1CNc1ncnc(N)c1C. The summed E-state index contributed by atoms with van der Waals surface area (Å²) < 4.78 is 0. The van der Waals surface area contributed by atoms with Gasteiger partial charge in [0.15, 0.2) is 0 Å². The van der Waals surface area contributed by atoms with Gasteiger partial charge in [-0.2, -0.15) is 0 Å². The van der Waals surface area contributed by atoms with Crippen LogP contribution < -0.4 is 11.1 Å². The number of hydrogen-bond donors (Lipinski definition) is 2. The zero-order chi connectivity index (χ0) is 12.3. The highest BCUT2D eigenvalue weighted by Gasteiger charge is 2.04. The lowest BCUT2D eigenvalue weighted by Gasteiger charge is -2.10. The highest BCUT2D eigenvalue weighted by Crippen LogP contribution is 2.16. The summed E-state index contributed by atoms with van der Waals surface area (Å²) in [5.41, 5.74) is 8.93. The number of nitrogens with zero attached hydrogens (tertiary/aromatic N) is 3. The van der Waals surface area contributed by atoms with Crippen LogP contribution in [0.5, 0.6) is 0 Å². The number of nitrogen functional groups attached to an aromatic ring is 1. The van der Waals surface area contributed by atoms with E-state index in [4.69, 9.17) is 5.73 Å². The molecule has 17 heavy (non-hydrogen) atoms. The van der Waals surface area contributed by atoms with Gasteiger partial charge in [-0.1, -0.05) is 0 Å². The van der Waals surface area contributed by atoms with Gasteiger partial charge >= 0.3 is 0 Å². The molecule has 88 valence electrons. The molecule has 0 aromatic carbocycles. The largest absolute Gasteiger partial charge is 0.383 e. The Hall–Kier alpha value is -2.17. The first-order valence-corrected chi connectivity index (χ1v) is 5.39. The molecule has 0 amide bonds. The van der Waals surface area contributed by atoms with Crippen molar-refractivity contribution < 1.29 is 0 Å². The second-order valence-corrected chi connectivity index (χ2v) is 3.89. The van der Waals surface area contributed by atoms with Gasteiger partial charge in [-0.25, -0.2) is 9.97 Å². The molecule has 0 saturated heterocycles. The minimum Gasteiger partial charge on any atom is -0.383 e. The fourth-order valence-corrected chi connectivity index (χ4v) is 1.50. The lowest BCUT2D eigenvalue weighted by Crippen LogP contribution is -2.07. The molecular weight excluding hydrogens is 214 g/mol. The van der Waals surface area contributed by atoms with Gasteiger partial charge in [-0.05, 0) is 31.0 Å². The highest BCUT2D eigenvalue weighted by atomic mass is 15.0. The third-order valence-corrected chi connectivity index (χ3v) is 2.72. The Balaban J connectivity index is 2.13. The monoisotopic (exact) mass is 229 g/mol. The number of anilines is 2. The molecule has 0 fully saturated rings. The van der Waals surface area contributed by atoms with Crippen LogP contribution in [0.1, 0.15) is 16.7 Å². The zero-order valence-corrected chi connectivity index (χ0v) is 9.94. The second-order valence-electron chi connectivity index (χ2n) is 3.89. The molecule has 0 aliphatic rings.